The second-order valence-electron chi connectivity index (χ2n) is 5.39. The Morgan fingerprint density at radius 2 is 2.14 bits per heavy atom. The maximum absolute atomic E-state index is 12.2. The molecule has 0 unspecified atom stereocenters. The molecule has 1 N–H and O–H groups in total. The van der Waals surface area contributed by atoms with E-state index in [1.54, 1.807) is 14.2 Å². The minimum absolute atomic E-state index is 0.0568. The Bertz CT molecular complexity index is 490. The van der Waals surface area contributed by atoms with Crippen LogP contribution >= 0.6 is 11.6 Å². The first-order valence-corrected chi connectivity index (χ1v) is 7.85. The molecule has 0 aliphatic carbocycles. The van der Waals surface area contributed by atoms with Crippen LogP contribution < -0.4 is 5.32 Å². The molecule has 6 heteroatoms. The Labute approximate surface area is 136 Å². The van der Waals surface area contributed by atoms with Crippen molar-refractivity contribution in [3.05, 3.63) is 34.9 Å². The fourth-order valence-electron chi connectivity index (χ4n) is 2.63. The Morgan fingerprint density at radius 3 is 2.73 bits per heavy atom. The average Bonchev–Trinajstić information content (AvgIpc) is 2.55. The Hall–Kier alpha value is -1.30. The van der Waals surface area contributed by atoms with Gasteiger partial charge in [-0.2, -0.15) is 0 Å². The zero-order valence-electron chi connectivity index (χ0n) is 13.0. The van der Waals surface area contributed by atoms with Gasteiger partial charge in [0, 0.05) is 38.9 Å². The molecule has 1 aliphatic heterocycles. The predicted octanol–water partition coefficient (Wildman–Crippen LogP) is 2.85. The van der Waals surface area contributed by atoms with Gasteiger partial charge < -0.3 is 19.7 Å². The van der Waals surface area contributed by atoms with Crippen molar-refractivity contribution in [3.8, 4) is 0 Å². The second kappa shape index (κ2) is 8.36. The number of nitrogens with zero attached hydrogens (tertiary/aromatic N) is 1. The number of halogens is 1. The summed E-state index contributed by atoms with van der Waals surface area (Å²) in [6, 6.07) is 7.43. The third-order valence-electron chi connectivity index (χ3n) is 4.01. The van der Waals surface area contributed by atoms with Crippen LogP contribution in [-0.2, 0) is 9.47 Å². The number of methoxy groups -OCH3 is 2. The second-order valence-corrected chi connectivity index (χ2v) is 5.82. The number of carbonyl (C=O) groups excluding carboxylic acids is 1. The molecule has 1 aromatic carbocycles. The average molecular weight is 327 g/mol. The fourth-order valence-corrected chi connectivity index (χ4v) is 2.83. The lowest BCUT2D eigenvalue weighted by molar-refractivity contribution is 0.0490. The van der Waals surface area contributed by atoms with Gasteiger partial charge >= 0.3 is 6.03 Å². The molecule has 0 saturated carbocycles. The number of rotatable bonds is 5. The van der Waals surface area contributed by atoms with Crippen LogP contribution in [0.15, 0.2) is 24.3 Å². The minimum atomic E-state index is -0.209. The standard InChI is InChI=1S/C16H23ClN2O3/c1-21-14-6-8-19(9-7-14)16(20)18-11-15(22-2)12-4-3-5-13(17)10-12/h3-5,10,14-15H,6-9,11H2,1-2H3,(H,18,20)/t15-/m0/s1. The summed E-state index contributed by atoms with van der Waals surface area (Å²) in [4.78, 5) is 14.0. The van der Waals surface area contributed by atoms with Crippen LogP contribution in [0.5, 0.6) is 0 Å². The molecule has 0 bridgehead atoms. The number of amides is 2. The van der Waals surface area contributed by atoms with Crippen molar-refractivity contribution < 1.29 is 14.3 Å². The lowest BCUT2D eigenvalue weighted by atomic mass is 10.1. The summed E-state index contributed by atoms with van der Waals surface area (Å²) in [5.41, 5.74) is 0.952. The number of carbonyl (C=O) groups is 1. The maximum Gasteiger partial charge on any atom is 0.317 e. The summed E-state index contributed by atoms with van der Waals surface area (Å²) in [5, 5.41) is 3.59. The third kappa shape index (κ3) is 4.60. The number of piperidine rings is 1. The number of hydrogen-bond donors (Lipinski definition) is 1. The molecule has 1 aliphatic rings. The lowest BCUT2D eigenvalue weighted by Crippen LogP contribution is -2.46. The minimum Gasteiger partial charge on any atom is -0.381 e. The van der Waals surface area contributed by atoms with E-state index in [0.717, 1.165) is 31.5 Å². The van der Waals surface area contributed by atoms with Crippen molar-refractivity contribution in [2.75, 3.05) is 33.9 Å². The predicted molar refractivity (Wildman–Crippen MR) is 86.2 cm³/mol. The number of likely N-dealkylation sites (tertiary alicyclic amines) is 1. The SMILES string of the molecule is COC1CCN(C(=O)NC[C@H](OC)c2cccc(Cl)c2)CC1. The molecule has 122 valence electrons. The summed E-state index contributed by atoms with van der Waals surface area (Å²) < 4.78 is 10.8. The smallest absolute Gasteiger partial charge is 0.317 e. The van der Waals surface area contributed by atoms with Gasteiger partial charge in [0.1, 0.15) is 0 Å². The molecule has 1 saturated heterocycles. The van der Waals surface area contributed by atoms with E-state index in [1.165, 1.54) is 0 Å². The topological polar surface area (TPSA) is 50.8 Å². The van der Waals surface area contributed by atoms with Crippen LogP contribution in [0.2, 0.25) is 5.02 Å². The van der Waals surface area contributed by atoms with Crippen LogP contribution in [0.25, 0.3) is 0 Å². The normalized spacial score (nSPS) is 17.3. The summed E-state index contributed by atoms with van der Waals surface area (Å²) in [5.74, 6) is 0. The summed E-state index contributed by atoms with van der Waals surface area (Å²) in [7, 11) is 3.34. The molecule has 1 aromatic rings. The Balaban J connectivity index is 1.84. The van der Waals surface area contributed by atoms with Crippen molar-refractivity contribution in [1.82, 2.24) is 10.2 Å². The number of benzene rings is 1. The van der Waals surface area contributed by atoms with Crippen molar-refractivity contribution in [2.45, 2.75) is 25.0 Å². The highest BCUT2D eigenvalue weighted by Crippen LogP contribution is 2.20. The molecule has 0 spiro atoms. The van der Waals surface area contributed by atoms with Crippen molar-refractivity contribution in [3.63, 3.8) is 0 Å². The first-order valence-electron chi connectivity index (χ1n) is 7.48. The van der Waals surface area contributed by atoms with Crippen LogP contribution in [-0.4, -0.2) is 50.9 Å². The van der Waals surface area contributed by atoms with Crippen molar-refractivity contribution in [1.29, 1.82) is 0 Å². The summed E-state index contributed by atoms with van der Waals surface area (Å²) in [6.45, 7) is 1.86. The fraction of sp³-hybridized carbons (Fsp3) is 0.562. The molecular weight excluding hydrogens is 304 g/mol. The van der Waals surface area contributed by atoms with Crippen molar-refractivity contribution >= 4 is 17.6 Å². The molecule has 2 rings (SSSR count). The molecule has 1 atom stereocenters. The zero-order valence-corrected chi connectivity index (χ0v) is 13.8. The molecule has 2 amide bonds. The van der Waals surface area contributed by atoms with Crippen molar-refractivity contribution in [2.24, 2.45) is 0 Å². The largest absolute Gasteiger partial charge is 0.381 e. The van der Waals surface area contributed by atoms with Crippen LogP contribution in [0.1, 0.15) is 24.5 Å². The maximum atomic E-state index is 12.2. The van der Waals surface area contributed by atoms with E-state index >= 15 is 0 Å². The molecular formula is C16H23ClN2O3. The number of nitrogens with one attached hydrogen (secondary N) is 1. The molecule has 1 fully saturated rings. The van der Waals surface area contributed by atoms with Gasteiger partial charge in [0.05, 0.1) is 12.2 Å². The molecule has 0 radical (unpaired) electrons. The van der Waals surface area contributed by atoms with Gasteiger partial charge in [0.25, 0.3) is 0 Å². The number of hydrogen-bond acceptors (Lipinski definition) is 3. The monoisotopic (exact) mass is 326 g/mol. The van der Waals surface area contributed by atoms with Gasteiger partial charge in [-0.3, -0.25) is 0 Å². The highest BCUT2D eigenvalue weighted by molar-refractivity contribution is 6.30. The van der Waals surface area contributed by atoms with Gasteiger partial charge in [-0.1, -0.05) is 23.7 Å². The van der Waals surface area contributed by atoms with E-state index in [9.17, 15) is 4.79 Å². The molecule has 5 nitrogen and oxygen atoms in total. The third-order valence-corrected chi connectivity index (χ3v) is 4.24. The Morgan fingerprint density at radius 1 is 1.41 bits per heavy atom. The van der Waals surface area contributed by atoms with Crippen LogP contribution in [0, 0.1) is 0 Å². The highest BCUT2D eigenvalue weighted by Gasteiger charge is 2.23. The summed E-state index contributed by atoms with van der Waals surface area (Å²) in [6.07, 6.45) is 1.82. The first kappa shape index (κ1) is 17.1. The number of urea groups is 1. The molecule has 22 heavy (non-hydrogen) atoms. The molecule has 0 aromatic heterocycles. The van der Waals surface area contributed by atoms with Gasteiger partial charge in [-0.25, -0.2) is 4.79 Å². The van der Waals surface area contributed by atoms with E-state index < -0.39 is 0 Å². The van der Waals surface area contributed by atoms with E-state index in [0.29, 0.717) is 11.6 Å². The van der Waals surface area contributed by atoms with Gasteiger partial charge in [0.15, 0.2) is 0 Å². The van der Waals surface area contributed by atoms with Crippen LogP contribution in [0.4, 0.5) is 4.79 Å². The quantitative estimate of drug-likeness (QED) is 0.905. The first-order chi connectivity index (χ1) is 10.6. The number of ether oxygens (including phenoxy) is 2. The highest BCUT2D eigenvalue weighted by atomic mass is 35.5. The van der Waals surface area contributed by atoms with E-state index in [-0.39, 0.29) is 18.2 Å². The van der Waals surface area contributed by atoms with E-state index in [1.807, 2.05) is 29.2 Å². The summed E-state index contributed by atoms with van der Waals surface area (Å²) >= 11 is 5.99. The van der Waals surface area contributed by atoms with E-state index in [2.05, 4.69) is 5.32 Å². The Kier molecular flexibility index (Phi) is 6.49. The lowest BCUT2D eigenvalue weighted by Gasteiger charge is -2.31. The van der Waals surface area contributed by atoms with Crippen LogP contribution in [0.3, 0.4) is 0 Å². The van der Waals surface area contributed by atoms with E-state index in [4.69, 9.17) is 21.1 Å². The van der Waals surface area contributed by atoms with Gasteiger partial charge in [-0.05, 0) is 30.5 Å². The zero-order chi connectivity index (χ0) is 15.9. The van der Waals surface area contributed by atoms with Gasteiger partial charge in [-0.15, -0.1) is 0 Å². The van der Waals surface area contributed by atoms with Gasteiger partial charge in [0.2, 0.25) is 0 Å². The molecule has 1 heterocycles.